The molecular weight excluding hydrogens is 386 g/mol. The van der Waals surface area contributed by atoms with Gasteiger partial charge in [-0.1, -0.05) is 56.8 Å². The van der Waals surface area contributed by atoms with Crippen molar-refractivity contribution in [3.05, 3.63) is 61.0 Å². The summed E-state index contributed by atoms with van der Waals surface area (Å²) in [5.41, 5.74) is 1.32. The Morgan fingerprint density at radius 2 is 1.83 bits per heavy atom. The van der Waals surface area contributed by atoms with E-state index in [0.29, 0.717) is 24.1 Å². The van der Waals surface area contributed by atoms with Gasteiger partial charge in [0.15, 0.2) is 5.82 Å². The van der Waals surface area contributed by atoms with E-state index < -0.39 is 0 Å². The molecule has 2 N–H and O–H groups in total. The molecule has 1 amide bonds. The number of thioether (sulfide) groups is 1. The lowest BCUT2D eigenvalue weighted by Gasteiger charge is -2.19. The van der Waals surface area contributed by atoms with Gasteiger partial charge >= 0.3 is 0 Å². The Morgan fingerprint density at radius 1 is 1.21 bits per heavy atom. The fourth-order valence-electron chi connectivity index (χ4n) is 2.51. The van der Waals surface area contributed by atoms with Gasteiger partial charge in [-0.2, -0.15) is 0 Å². The van der Waals surface area contributed by atoms with Crippen LogP contribution in [0.1, 0.15) is 32.2 Å². The SMILES string of the molecule is C=CCN(CC=C)C(=O)CSc1nnc(COc2ccc(C(C)(C)C)cc2)n1N. The molecule has 1 aromatic heterocycles. The van der Waals surface area contributed by atoms with E-state index in [4.69, 9.17) is 10.6 Å². The van der Waals surface area contributed by atoms with Gasteiger partial charge in [0.1, 0.15) is 12.4 Å². The van der Waals surface area contributed by atoms with Gasteiger partial charge < -0.3 is 15.5 Å². The molecule has 1 aromatic carbocycles. The molecule has 29 heavy (non-hydrogen) atoms. The number of carbonyl (C=O) groups excluding carboxylic acids is 1. The predicted molar refractivity (Wildman–Crippen MR) is 117 cm³/mol. The molecule has 0 aliphatic carbocycles. The quantitative estimate of drug-likeness (QED) is 0.364. The van der Waals surface area contributed by atoms with Gasteiger partial charge in [-0.05, 0) is 23.1 Å². The normalized spacial score (nSPS) is 11.1. The fourth-order valence-corrected chi connectivity index (χ4v) is 3.29. The number of amides is 1. The van der Waals surface area contributed by atoms with E-state index in [0.717, 1.165) is 5.75 Å². The van der Waals surface area contributed by atoms with Gasteiger partial charge in [0.2, 0.25) is 11.1 Å². The monoisotopic (exact) mass is 415 g/mol. The third-order valence-corrected chi connectivity index (χ3v) is 5.13. The first-order chi connectivity index (χ1) is 13.8. The summed E-state index contributed by atoms with van der Waals surface area (Å²) in [5, 5.41) is 8.58. The van der Waals surface area contributed by atoms with Gasteiger partial charge in [0.25, 0.3) is 0 Å². The first-order valence-electron chi connectivity index (χ1n) is 9.31. The summed E-state index contributed by atoms with van der Waals surface area (Å²) < 4.78 is 7.13. The number of aromatic nitrogens is 3. The zero-order valence-corrected chi connectivity index (χ0v) is 18.1. The van der Waals surface area contributed by atoms with Crippen LogP contribution in [0.15, 0.2) is 54.7 Å². The number of nitrogen functional groups attached to an aromatic ring is 1. The highest BCUT2D eigenvalue weighted by atomic mass is 32.2. The summed E-state index contributed by atoms with van der Waals surface area (Å²) in [4.78, 5) is 14.0. The average Bonchev–Trinajstić information content (AvgIpc) is 3.03. The van der Waals surface area contributed by atoms with Crippen LogP contribution in [0.4, 0.5) is 0 Å². The maximum Gasteiger partial charge on any atom is 0.233 e. The van der Waals surface area contributed by atoms with Crippen molar-refractivity contribution in [3.8, 4) is 5.75 Å². The molecule has 2 rings (SSSR count). The molecule has 0 aliphatic rings. The van der Waals surface area contributed by atoms with E-state index in [-0.39, 0.29) is 23.7 Å². The van der Waals surface area contributed by atoms with Crippen LogP contribution in [-0.4, -0.2) is 44.5 Å². The lowest BCUT2D eigenvalue weighted by molar-refractivity contribution is -0.127. The van der Waals surface area contributed by atoms with E-state index in [1.54, 1.807) is 17.1 Å². The molecule has 156 valence electrons. The highest BCUT2D eigenvalue weighted by Gasteiger charge is 2.16. The number of hydrogen-bond acceptors (Lipinski definition) is 6. The van der Waals surface area contributed by atoms with Gasteiger partial charge in [-0.15, -0.1) is 23.4 Å². The highest BCUT2D eigenvalue weighted by Crippen LogP contribution is 2.24. The third-order valence-electron chi connectivity index (χ3n) is 4.20. The van der Waals surface area contributed by atoms with Gasteiger partial charge in [-0.3, -0.25) is 4.79 Å². The highest BCUT2D eigenvalue weighted by molar-refractivity contribution is 7.99. The van der Waals surface area contributed by atoms with Crippen LogP contribution in [0.5, 0.6) is 5.75 Å². The van der Waals surface area contributed by atoms with Crippen molar-refractivity contribution >= 4 is 17.7 Å². The smallest absolute Gasteiger partial charge is 0.233 e. The van der Waals surface area contributed by atoms with E-state index in [2.05, 4.69) is 44.1 Å². The van der Waals surface area contributed by atoms with Crippen molar-refractivity contribution in [2.75, 3.05) is 24.7 Å². The first kappa shape index (κ1) is 22.5. The van der Waals surface area contributed by atoms with Crippen molar-refractivity contribution in [2.45, 2.75) is 37.9 Å². The Hall–Kier alpha value is -2.74. The zero-order valence-electron chi connectivity index (χ0n) is 17.3. The maximum absolute atomic E-state index is 12.3. The molecule has 0 aliphatic heterocycles. The molecule has 0 spiro atoms. The first-order valence-corrected chi connectivity index (χ1v) is 10.3. The molecule has 8 heteroatoms. The van der Waals surface area contributed by atoms with Crippen molar-refractivity contribution in [1.29, 1.82) is 0 Å². The van der Waals surface area contributed by atoms with Crippen molar-refractivity contribution in [1.82, 2.24) is 19.8 Å². The van der Waals surface area contributed by atoms with Gasteiger partial charge in [0.05, 0.1) is 5.75 Å². The number of ether oxygens (including phenoxy) is 1. The molecule has 0 unspecified atom stereocenters. The summed E-state index contributed by atoms with van der Waals surface area (Å²) in [5.74, 6) is 7.43. The van der Waals surface area contributed by atoms with Gasteiger partial charge in [0, 0.05) is 13.1 Å². The fraction of sp³-hybridized carbons (Fsp3) is 0.381. The predicted octanol–water partition coefficient (Wildman–Crippen LogP) is 3.16. The summed E-state index contributed by atoms with van der Waals surface area (Å²) in [7, 11) is 0. The number of rotatable bonds is 10. The minimum Gasteiger partial charge on any atom is -0.486 e. The van der Waals surface area contributed by atoms with Crippen LogP contribution in [0, 0.1) is 0 Å². The van der Waals surface area contributed by atoms with E-state index in [1.165, 1.54) is 22.0 Å². The van der Waals surface area contributed by atoms with Crippen LogP contribution < -0.4 is 10.6 Å². The lowest BCUT2D eigenvalue weighted by Crippen LogP contribution is -2.32. The second kappa shape index (κ2) is 10.2. The van der Waals surface area contributed by atoms with Crippen molar-refractivity contribution in [2.24, 2.45) is 0 Å². The Bertz CT molecular complexity index is 830. The standard InChI is InChI=1S/C21H29N5O2S/c1-6-12-25(13-7-2)19(27)15-29-20-24-23-18(26(20)22)14-28-17-10-8-16(9-11-17)21(3,4)5/h6-11H,1-2,12-15,22H2,3-5H3. The second-order valence-electron chi connectivity index (χ2n) is 7.50. The maximum atomic E-state index is 12.3. The number of hydrogen-bond donors (Lipinski definition) is 1. The lowest BCUT2D eigenvalue weighted by atomic mass is 9.87. The summed E-state index contributed by atoms with van der Waals surface area (Å²) in [6.45, 7) is 14.9. The zero-order chi connectivity index (χ0) is 21.4. The van der Waals surface area contributed by atoms with Crippen LogP contribution in [0.3, 0.4) is 0 Å². The summed E-state index contributed by atoms with van der Waals surface area (Å²) >= 11 is 1.23. The molecular formula is C21H29N5O2S. The van der Waals surface area contributed by atoms with E-state index in [1.807, 2.05) is 24.3 Å². The molecule has 7 nitrogen and oxygen atoms in total. The van der Waals surface area contributed by atoms with Gasteiger partial charge in [-0.25, -0.2) is 4.68 Å². The molecule has 0 atom stereocenters. The molecule has 0 bridgehead atoms. The Morgan fingerprint density at radius 3 is 2.38 bits per heavy atom. The molecule has 1 heterocycles. The van der Waals surface area contributed by atoms with Crippen LogP contribution >= 0.6 is 11.8 Å². The van der Waals surface area contributed by atoms with Crippen LogP contribution in [-0.2, 0) is 16.8 Å². The number of nitrogens with zero attached hydrogens (tertiary/aromatic N) is 4. The van der Waals surface area contributed by atoms with Crippen molar-refractivity contribution < 1.29 is 9.53 Å². The van der Waals surface area contributed by atoms with Crippen molar-refractivity contribution in [3.63, 3.8) is 0 Å². The topological polar surface area (TPSA) is 86.3 Å². The minimum atomic E-state index is -0.0467. The summed E-state index contributed by atoms with van der Waals surface area (Å²) in [6, 6.07) is 7.96. The molecule has 0 saturated carbocycles. The number of benzene rings is 1. The summed E-state index contributed by atoms with van der Waals surface area (Å²) in [6.07, 6.45) is 3.36. The van der Waals surface area contributed by atoms with E-state index >= 15 is 0 Å². The molecule has 0 radical (unpaired) electrons. The Balaban J connectivity index is 1.92. The average molecular weight is 416 g/mol. The molecule has 2 aromatic rings. The number of nitrogens with two attached hydrogens (primary N) is 1. The van der Waals surface area contributed by atoms with Crippen LogP contribution in [0.25, 0.3) is 0 Å². The number of carbonyl (C=O) groups is 1. The second-order valence-corrected chi connectivity index (χ2v) is 8.44. The largest absolute Gasteiger partial charge is 0.486 e. The minimum absolute atomic E-state index is 0.0467. The Kier molecular flexibility index (Phi) is 7.90. The Labute approximate surface area is 176 Å². The van der Waals surface area contributed by atoms with Crippen LogP contribution in [0.2, 0.25) is 0 Å². The molecule has 0 fully saturated rings. The third kappa shape index (κ3) is 6.39. The van der Waals surface area contributed by atoms with E-state index in [9.17, 15) is 4.79 Å². The molecule has 0 saturated heterocycles.